The van der Waals surface area contributed by atoms with Gasteiger partial charge in [-0.25, -0.2) is 13.2 Å². The minimum absolute atomic E-state index is 0.00170. The Morgan fingerprint density at radius 3 is 2.17 bits per heavy atom. The summed E-state index contributed by atoms with van der Waals surface area (Å²) < 4.78 is 25.4. The van der Waals surface area contributed by atoms with Crippen molar-refractivity contribution in [2.75, 3.05) is 0 Å². The maximum absolute atomic E-state index is 12.7. The molecule has 0 aliphatic carbocycles. The highest BCUT2D eigenvalue weighted by Crippen LogP contribution is 2.34. The van der Waals surface area contributed by atoms with E-state index in [1.807, 2.05) is 6.92 Å². The fraction of sp³-hybridized carbons (Fsp3) is 0.0625. The number of aliphatic carboxylic acids is 1. The number of phenols is 2. The first kappa shape index (κ1) is 16.6. The van der Waals surface area contributed by atoms with Gasteiger partial charge in [0.25, 0.3) is 0 Å². The summed E-state index contributed by atoms with van der Waals surface area (Å²) in [6.07, 6.45) is 1.79. The summed E-state index contributed by atoms with van der Waals surface area (Å²) in [6.45, 7) is 1.81. The quantitative estimate of drug-likeness (QED) is 0.584. The Hall–Kier alpha value is -2.80. The lowest BCUT2D eigenvalue weighted by Crippen LogP contribution is -2.04. The molecule has 0 fully saturated rings. The number of hydrogen-bond donors (Lipinski definition) is 3. The van der Waals surface area contributed by atoms with Crippen LogP contribution in [0.5, 0.6) is 11.5 Å². The molecule has 0 aromatic heterocycles. The monoisotopic (exact) mass is 334 g/mol. The normalized spacial score (nSPS) is 11.7. The molecule has 0 aliphatic heterocycles. The van der Waals surface area contributed by atoms with Crippen molar-refractivity contribution in [3.63, 3.8) is 0 Å². The number of carboxylic acid groups (broad SMARTS) is 1. The molecule has 120 valence electrons. The van der Waals surface area contributed by atoms with E-state index in [0.717, 1.165) is 29.8 Å². The van der Waals surface area contributed by atoms with Crippen molar-refractivity contribution in [3.8, 4) is 11.5 Å². The van der Waals surface area contributed by atoms with E-state index < -0.39 is 27.3 Å². The lowest BCUT2D eigenvalue weighted by molar-refractivity contribution is -0.131. The van der Waals surface area contributed by atoms with Crippen molar-refractivity contribution < 1.29 is 28.5 Å². The van der Waals surface area contributed by atoms with Gasteiger partial charge in [-0.2, -0.15) is 0 Å². The molecule has 0 radical (unpaired) electrons. The second-order valence-corrected chi connectivity index (χ2v) is 6.78. The maximum atomic E-state index is 12.7. The number of carboxylic acids is 1. The van der Waals surface area contributed by atoms with Crippen LogP contribution in [0.3, 0.4) is 0 Å². The molecule has 6 nitrogen and oxygen atoms in total. The Labute approximate surface area is 132 Å². The third-order valence-corrected chi connectivity index (χ3v) is 4.96. The smallest absolute Gasteiger partial charge is 0.328 e. The summed E-state index contributed by atoms with van der Waals surface area (Å²) in [7, 11) is -3.99. The first-order chi connectivity index (χ1) is 10.7. The number of carbonyl (C=O) groups is 1. The van der Waals surface area contributed by atoms with E-state index in [2.05, 4.69) is 0 Å². The van der Waals surface area contributed by atoms with E-state index >= 15 is 0 Å². The third-order valence-electron chi connectivity index (χ3n) is 3.13. The summed E-state index contributed by atoms with van der Waals surface area (Å²) in [5, 5.41) is 27.8. The number of benzene rings is 2. The molecule has 0 unspecified atom stereocenters. The van der Waals surface area contributed by atoms with E-state index in [4.69, 9.17) is 5.11 Å². The highest BCUT2D eigenvalue weighted by atomic mass is 32.2. The van der Waals surface area contributed by atoms with Gasteiger partial charge in [-0.05, 0) is 36.8 Å². The van der Waals surface area contributed by atoms with E-state index in [9.17, 15) is 23.4 Å². The van der Waals surface area contributed by atoms with Crippen LogP contribution in [-0.4, -0.2) is 29.7 Å². The number of hydrogen-bond acceptors (Lipinski definition) is 5. The zero-order chi connectivity index (χ0) is 17.2. The number of aryl methyl sites for hydroxylation is 1. The van der Waals surface area contributed by atoms with Crippen LogP contribution >= 0.6 is 0 Å². The molecule has 0 amide bonds. The minimum Gasteiger partial charge on any atom is -0.504 e. The standard InChI is InChI=1S/C16H14O6S/c1-10-2-5-12(6-3-10)23(21,22)15-9-14(18)13(17)8-11(15)4-7-16(19)20/h2-9,17-18H,1H3,(H,19,20)/b7-4+. The second-order valence-electron chi connectivity index (χ2n) is 4.87. The maximum Gasteiger partial charge on any atom is 0.328 e. The molecule has 23 heavy (non-hydrogen) atoms. The lowest BCUT2D eigenvalue weighted by Gasteiger charge is -2.10. The van der Waals surface area contributed by atoms with Gasteiger partial charge in [-0.1, -0.05) is 17.7 Å². The van der Waals surface area contributed by atoms with Gasteiger partial charge in [-0.15, -0.1) is 0 Å². The third kappa shape index (κ3) is 3.51. The molecule has 2 aromatic rings. The van der Waals surface area contributed by atoms with Crippen LogP contribution in [0.15, 0.2) is 52.3 Å². The fourth-order valence-electron chi connectivity index (χ4n) is 1.94. The molecule has 0 aliphatic rings. The van der Waals surface area contributed by atoms with E-state index in [1.54, 1.807) is 12.1 Å². The topological polar surface area (TPSA) is 112 Å². The molecule has 0 saturated heterocycles. The fourth-order valence-corrected chi connectivity index (χ4v) is 3.39. The van der Waals surface area contributed by atoms with E-state index in [-0.39, 0.29) is 15.4 Å². The summed E-state index contributed by atoms with van der Waals surface area (Å²) >= 11 is 0. The lowest BCUT2D eigenvalue weighted by atomic mass is 10.2. The molecule has 2 aromatic carbocycles. The van der Waals surface area contributed by atoms with Crippen LogP contribution in [-0.2, 0) is 14.6 Å². The van der Waals surface area contributed by atoms with Crippen LogP contribution < -0.4 is 0 Å². The molecular weight excluding hydrogens is 320 g/mol. The van der Waals surface area contributed by atoms with Crippen molar-refractivity contribution in [2.24, 2.45) is 0 Å². The Morgan fingerprint density at radius 1 is 1.04 bits per heavy atom. The average molecular weight is 334 g/mol. The van der Waals surface area contributed by atoms with E-state index in [0.29, 0.717) is 0 Å². The van der Waals surface area contributed by atoms with E-state index in [1.165, 1.54) is 12.1 Å². The van der Waals surface area contributed by atoms with Gasteiger partial charge in [0, 0.05) is 12.1 Å². The number of phenolic OH excluding ortho intramolecular Hbond substituents is 2. The van der Waals surface area contributed by atoms with Crippen LogP contribution in [0, 0.1) is 6.92 Å². The molecule has 0 spiro atoms. The molecule has 0 heterocycles. The van der Waals surface area contributed by atoms with Gasteiger partial charge in [0.1, 0.15) is 0 Å². The highest BCUT2D eigenvalue weighted by Gasteiger charge is 2.22. The zero-order valence-electron chi connectivity index (χ0n) is 12.1. The first-order valence-corrected chi connectivity index (χ1v) is 7.99. The van der Waals surface area contributed by atoms with Crippen molar-refractivity contribution in [1.29, 1.82) is 0 Å². The average Bonchev–Trinajstić information content (AvgIpc) is 2.48. The summed E-state index contributed by atoms with van der Waals surface area (Å²) in [6, 6.07) is 7.97. The Bertz CT molecular complexity index is 880. The minimum atomic E-state index is -3.99. The summed E-state index contributed by atoms with van der Waals surface area (Å²) in [5.41, 5.74) is 0.840. The van der Waals surface area contributed by atoms with Gasteiger partial charge in [0.2, 0.25) is 9.84 Å². The van der Waals surface area contributed by atoms with Crippen molar-refractivity contribution >= 4 is 21.9 Å². The largest absolute Gasteiger partial charge is 0.504 e. The second kappa shape index (κ2) is 6.13. The predicted molar refractivity (Wildman–Crippen MR) is 83.1 cm³/mol. The first-order valence-electron chi connectivity index (χ1n) is 6.50. The summed E-state index contributed by atoms with van der Waals surface area (Å²) in [4.78, 5) is 10.3. The SMILES string of the molecule is Cc1ccc(S(=O)(=O)c2cc(O)c(O)cc2/C=C/C(=O)O)cc1. The molecule has 0 saturated carbocycles. The van der Waals surface area contributed by atoms with Crippen LogP contribution in [0.1, 0.15) is 11.1 Å². The summed E-state index contributed by atoms with van der Waals surface area (Å²) in [5.74, 6) is -2.42. The van der Waals surface area contributed by atoms with Crippen molar-refractivity contribution in [3.05, 3.63) is 53.6 Å². The highest BCUT2D eigenvalue weighted by molar-refractivity contribution is 7.91. The number of sulfone groups is 1. The Kier molecular flexibility index (Phi) is 4.42. The Balaban J connectivity index is 2.67. The van der Waals surface area contributed by atoms with Crippen LogP contribution in [0.2, 0.25) is 0 Å². The van der Waals surface area contributed by atoms with Crippen LogP contribution in [0.25, 0.3) is 6.08 Å². The molecule has 0 bridgehead atoms. The van der Waals surface area contributed by atoms with Crippen LogP contribution in [0.4, 0.5) is 0 Å². The van der Waals surface area contributed by atoms with Gasteiger partial charge in [0.15, 0.2) is 11.5 Å². The molecule has 2 rings (SSSR count). The van der Waals surface area contributed by atoms with Crippen molar-refractivity contribution in [1.82, 2.24) is 0 Å². The van der Waals surface area contributed by atoms with Gasteiger partial charge < -0.3 is 15.3 Å². The zero-order valence-corrected chi connectivity index (χ0v) is 12.9. The molecule has 3 N–H and O–H groups in total. The van der Waals surface area contributed by atoms with Gasteiger partial charge in [0.05, 0.1) is 9.79 Å². The predicted octanol–water partition coefficient (Wildman–Crippen LogP) is 2.34. The molecular formula is C16H14O6S. The molecule has 7 heteroatoms. The van der Waals surface area contributed by atoms with Gasteiger partial charge >= 0.3 is 5.97 Å². The number of aromatic hydroxyl groups is 2. The molecule has 0 atom stereocenters. The van der Waals surface area contributed by atoms with Gasteiger partial charge in [-0.3, -0.25) is 0 Å². The van der Waals surface area contributed by atoms with Crippen molar-refractivity contribution in [2.45, 2.75) is 16.7 Å². The Morgan fingerprint density at radius 2 is 1.61 bits per heavy atom. The number of rotatable bonds is 4.